The summed E-state index contributed by atoms with van der Waals surface area (Å²) in [5.41, 5.74) is 2.64. The van der Waals surface area contributed by atoms with E-state index in [4.69, 9.17) is 42.4 Å². The van der Waals surface area contributed by atoms with Gasteiger partial charge in [-0.3, -0.25) is 9.36 Å². The lowest BCUT2D eigenvalue weighted by Crippen LogP contribution is -2.50. The van der Waals surface area contributed by atoms with E-state index in [1.807, 2.05) is 77.4 Å². The molecule has 0 bridgehead atoms. The summed E-state index contributed by atoms with van der Waals surface area (Å²) in [6, 6.07) is 37.0. The summed E-state index contributed by atoms with van der Waals surface area (Å²) in [5.74, 6) is 1.31. The van der Waals surface area contributed by atoms with Crippen molar-refractivity contribution in [2.45, 2.75) is 115 Å². The summed E-state index contributed by atoms with van der Waals surface area (Å²) in [6.45, 7) is 19.6. The number of amides is 1. The van der Waals surface area contributed by atoms with Crippen LogP contribution in [0.25, 0.3) is 11.2 Å². The Morgan fingerprint density at radius 3 is 1.94 bits per heavy atom. The Labute approximate surface area is 414 Å². The Balaban J connectivity index is 1.41. The van der Waals surface area contributed by atoms with Gasteiger partial charge >= 0.3 is 0 Å². The van der Waals surface area contributed by atoms with Crippen LogP contribution in [0.5, 0.6) is 11.5 Å². The molecule has 6 aromatic rings. The molecule has 0 radical (unpaired) electrons. The number of carbonyl (C=O) groups is 1. The van der Waals surface area contributed by atoms with Crippen LogP contribution in [0.3, 0.4) is 0 Å². The average molecular weight is 988 g/mol. The fourth-order valence-corrected chi connectivity index (χ4v) is 11.5. The number of methoxy groups -OCH3 is 2. The molecule has 1 aliphatic rings. The molecular weight excluding hydrogens is 922 g/mol. The van der Waals surface area contributed by atoms with Gasteiger partial charge in [-0.2, -0.15) is 5.26 Å². The molecule has 2 unspecified atom stereocenters. The van der Waals surface area contributed by atoms with E-state index in [0.29, 0.717) is 28.2 Å². The minimum atomic E-state index is -2.66. The van der Waals surface area contributed by atoms with Crippen molar-refractivity contribution < 1.29 is 37.2 Å². The molecule has 3 heterocycles. The van der Waals surface area contributed by atoms with Crippen LogP contribution >= 0.6 is 8.53 Å². The first-order valence-electron chi connectivity index (χ1n) is 23.6. The molecule has 1 N–H and O–H groups in total. The molecule has 370 valence electrons. The van der Waals surface area contributed by atoms with Crippen molar-refractivity contribution in [3.05, 3.63) is 144 Å². The largest absolute Gasteiger partial charge is 0.497 e. The molecule has 4 aromatic carbocycles. The third-order valence-electron chi connectivity index (χ3n) is 12.9. The summed E-state index contributed by atoms with van der Waals surface area (Å²) in [7, 11) is -1.19. The van der Waals surface area contributed by atoms with Gasteiger partial charge in [0.15, 0.2) is 31.5 Å². The van der Waals surface area contributed by atoms with Gasteiger partial charge in [-0.15, -0.1) is 0 Å². The second-order valence-electron chi connectivity index (χ2n) is 19.2. The van der Waals surface area contributed by atoms with E-state index in [-0.39, 0.29) is 48.5 Å². The van der Waals surface area contributed by atoms with E-state index >= 15 is 0 Å². The van der Waals surface area contributed by atoms with E-state index in [9.17, 15) is 10.1 Å². The van der Waals surface area contributed by atoms with Crippen LogP contribution in [-0.2, 0) is 28.5 Å². The molecule has 1 saturated heterocycles. The maximum absolute atomic E-state index is 13.5. The van der Waals surface area contributed by atoms with Crippen molar-refractivity contribution in [2.24, 2.45) is 0 Å². The van der Waals surface area contributed by atoms with Gasteiger partial charge in [0.25, 0.3) is 14.4 Å². The minimum Gasteiger partial charge on any atom is -0.497 e. The quantitative estimate of drug-likeness (QED) is 0.0314. The molecule has 2 aromatic heterocycles. The molecule has 0 saturated carbocycles. The number of hydrogen-bond donors (Lipinski definition) is 1. The summed E-state index contributed by atoms with van der Waals surface area (Å²) in [4.78, 5) is 27.5. The van der Waals surface area contributed by atoms with Crippen molar-refractivity contribution in [3.63, 3.8) is 0 Å². The highest BCUT2D eigenvalue weighted by Crippen LogP contribution is 2.53. The van der Waals surface area contributed by atoms with E-state index in [0.717, 1.165) is 16.7 Å². The zero-order valence-corrected chi connectivity index (χ0v) is 43.9. The first-order valence-corrected chi connectivity index (χ1v) is 27.7. The highest BCUT2D eigenvalue weighted by Gasteiger charge is 2.54. The van der Waals surface area contributed by atoms with Crippen LogP contribution in [0.2, 0.25) is 18.1 Å². The first kappa shape index (κ1) is 52.2. The molecule has 7 rings (SSSR count). The number of nitrogens with one attached hydrogen (secondary N) is 1. The van der Waals surface area contributed by atoms with Gasteiger partial charge in [0.2, 0.25) is 0 Å². The summed E-state index contributed by atoms with van der Waals surface area (Å²) in [6.07, 6.45) is -0.0410. The monoisotopic (exact) mass is 987 g/mol. The van der Waals surface area contributed by atoms with E-state index in [2.05, 4.69) is 94.7 Å². The van der Waals surface area contributed by atoms with Crippen LogP contribution < -0.4 is 14.8 Å². The van der Waals surface area contributed by atoms with Crippen LogP contribution in [-0.4, -0.2) is 96.2 Å². The van der Waals surface area contributed by atoms with Crippen molar-refractivity contribution >= 4 is 39.7 Å². The molecule has 0 aliphatic carbocycles. The lowest BCUT2D eigenvalue weighted by Gasteiger charge is -2.42. The Kier molecular flexibility index (Phi) is 16.9. The summed E-state index contributed by atoms with van der Waals surface area (Å²) >= 11 is 0. The predicted molar refractivity (Wildman–Crippen MR) is 274 cm³/mol. The molecule has 1 amide bonds. The molecule has 70 heavy (non-hydrogen) atoms. The van der Waals surface area contributed by atoms with Crippen LogP contribution in [0, 0.1) is 11.3 Å². The van der Waals surface area contributed by atoms with E-state index in [1.54, 1.807) is 44.8 Å². The van der Waals surface area contributed by atoms with Crippen LogP contribution in [0.15, 0.2) is 122 Å². The van der Waals surface area contributed by atoms with Crippen LogP contribution in [0.1, 0.15) is 88.2 Å². The number of hydrogen-bond acceptors (Lipinski definition) is 13. The van der Waals surface area contributed by atoms with Gasteiger partial charge in [0.05, 0.1) is 46.3 Å². The molecule has 5 atom stereocenters. The lowest BCUT2D eigenvalue weighted by atomic mass is 9.80. The number of nitrogens with zero attached hydrogens (tertiary/aromatic N) is 6. The standard InChI is InChI=1S/C53H66N7O8PSi/c1-36(2)60(37(3)4)69(65-32-18-31-54)67-46-44(33-64-53(39-21-16-13-17-22-39,40-23-27-42(62-8)28-24-40)41-25-29-43(63-9)30-26-41)66-51(47(46)68-70(10,11)52(5,6)7)59-35-57-45-48(55-34-56-49(45)59)58-50(61)38-19-14-12-15-20-38/h12-17,19-30,34-37,44,46-47,51H,18,32-33H2,1-11H3,(H,55,56,58,61)/t44-,46?,47+,51-,69?/m1/s1. The fraction of sp³-hybridized carbons (Fsp3) is 0.415. The predicted octanol–water partition coefficient (Wildman–Crippen LogP) is 11.1. The number of ether oxygens (including phenoxy) is 4. The summed E-state index contributed by atoms with van der Waals surface area (Å²) < 4.78 is 51.8. The minimum absolute atomic E-state index is 0.00377. The van der Waals surface area contributed by atoms with E-state index in [1.165, 1.54) is 6.33 Å². The molecule has 1 aliphatic heterocycles. The Morgan fingerprint density at radius 2 is 1.40 bits per heavy atom. The second kappa shape index (κ2) is 22.6. The zero-order valence-electron chi connectivity index (χ0n) is 42.0. The van der Waals surface area contributed by atoms with Gasteiger partial charge in [0.1, 0.15) is 41.7 Å². The zero-order chi connectivity index (χ0) is 50.2. The number of nitriles is 1. The second-order valence-corrected chi connectivity index (χ2v) is 25.4. The normalized spacial score (nSPS) is 18.1. The SMILES string of the molecule is COc1ccc(C(OC[C@H]2O[C@@H](n3cnc4c(NC(=O)c5ccccc5)ncnc43)[C@@H](O[Si](C)(C)C(C)(C)C)C2OP(OCCC#N)N(C(C)C)C(C)C)(c2ccccc2)c2ccc(OC)cc2)cc1. The number of rotatable bonds is 21. The molecule has 1 fully saturated rings. The Bertz CT molecular complexity index is 2620. The number of aromatic nitrogens is 4. The third kappa shape index (κ3) is 11.3. The number of anilines is 1. The molecular formula is C53H66N7O8PSi. The Hall–Kier alpha value is -5.60. The molecule has 17 heteroatoms. The smallest absolute Gasteiger partial charge is 0.259 e. The maximum Gasteiger partial charge on any atom is 0.259 e. The van der Waals surface area contributed by atoms with Crippen molar-refractivity contribution in [3.8, 4) is 17.6 Å². The molecule has 0 spiro atoms. The number of benzene rings is 4. The van der Waals surface area contributed by atoms with Crippen molar-refractivity contribution in [2.75, 3.05) is 32.8 Å². The van der Waals surface area contributed by atoms with Gasteiger partial charge in [-0.1, -0.05) is 93.6 Å². The topological polar surface area (TPSA) is 164 Å². The van der Waals surface area contributed by atoms with Gasteiger partial charge in [-0.25, -0.2) is 19.6 Å². The number of carbonyl (C=O) groups excluding carboxylic acids is 1. The van der Waals surface area contributed by atoms with E-state index < -0.39 is 47.0 Å². The van der Waals surface area contributed by atoms with Gasteiger partial charge in [0, 0.05) is 17.6 Å². The highest BCUT2D eigenvalue weighted by molar-refractivity contribution is 7.44. The van der Waals surface area contributed by atoms with Gasteiger partial charge < -0.3 is 37.7 Å². The first-order chi connectivity index (χ1) is 33.5. The van der Waals surface area contributed by atoms with Gasteiger partial charge in [-0.05, 0) is 98.9 Å². The number of imidazole rings is 1. The third-order valence-corrected chi connectivity index (χ3v) is 19.5. The summed E-state index contributed by atoms with van der Waals surface area (Å²) in [5, 5.41) is 12.4. The fourth-order valence-electron chi connectivity index (χ4n) is 8.41. The van der Waals surface area contributed by atoms with Crippen LogP contribution in [0.4, 0.5) is 5.82 Å². The lowest BCUT2D eigenvalue weighted by molar-refractivity contribution is -0.0926. The number of fused-ring (bicyclic) bond motifs is 1. The average Bonchev–Trinajstić information content (AvgIpc) is 3.93. The molecule has 15 nitrogen and oxygen atoms in total. The highest BCUT2D eigenvalue weighted by atomic mass is 31.2. The van der Waals surface area contributed by atoms with Crippen molar-refractivity contribution in [1.82, 2.24) is 24.2 Å². The van der Waals surface area contributed by atoms with Crippen molar-refractivity contribution in [1.29, 1.82) is 5.26 Å². The maximum atomic E-state index is 13.5. The Morgan fingerprint density at radius 1 is 0.829 bits per heavy atom.